The fourth-order valence-corrected chi connectivity index (χ4v) is 2.09. The summed E-state index contributed by atoms with van der Waals surface area (Å²) < 4.78 is 9.94. The molecule has 0 fully saturated rings. The van der Waals surface area contributed by atoms with E-state index in [9.17, 15) is 4.79 Å². The van der Waals surface area contributed by atoms with Crippen molar-refractivity contribution in [3.05, 3.63) is 28.3 Å². The molecule has 1 aromatic rings. The summed E-state index contributed by atoms with van der Waals surface area (Å²) >= 11 is 6.08. The van der Waals surface area contributed by atoms with Crippen LogP contribution in [0.1, 0.15) is 25.0 Å². The zero-order chi connectivity index (χ0) is 13.2. The van der Waals surface area contributed by atoms with Crippen LogP contribution >= 0.6 is 11.6 Å². The minimum atomic E-state index is -0.727. The van der Waals surface area contributed by atoms with Crippen molar-refractivity contribution in [3.8, 4) is 5.75 Å². The fourth-order valence-electron chi connectivity index (χ4n) is 1.85. The molecule has 0 aliphatic rings. The number of halogens is 1. The Morgan fingerprint density at radius 2 is 1.88 bits per heavy atom. The molecule has 0 saturated heterocycles. The number of carbonyl (C=O) groups excluding carboxylic acids is 1. The molecule has 0 aromatic heterocycles. The summed E-state index contributed by atoms with van der Waals surface area (Å²) in [7, 11) is 2.94. The number of aryl methyl sites for hydroxylation is 1. The van der Waals surface area contributed by atoms with E-state index in [0.717, 1.165) is 11.1 Å². The van der Waals surface area contributed by atoms with E-state index in [1.807, 2.05) is 26.8 Å². The number of methoxy groups -OCH3 is 2. The van der Waals surface area contributed by atoms with E-state index in [1.165, 1.54) is 7.11 Å². The predicted molar refractivity (Wildman–Crippen MR) is 67.8 cm³/mol. The van der Waals surface area contributed by atoms with Gasteiger partial charge in [0.1, 0.15) is 5.75 Å². The lowest BCUT2D eigenvalue weighted by Crippen LogP contribution is -2.31. The largest absolute Gasteiger partial charge is 0.495 e. The third kappa shape index (κ3) is 2.55. The van der Waals surface area contributed by atoms with Crippen molar-refractivity contribution >= 4 is 17.6 Å². The van der Waals surface area contributed by atoms with Gasteiger partial charge in [-0.1, -0.05) is 11.6 Å². The molecular formula is C13H17ClO3. The van der Waals surface area contributed by atoms with Crippen molar-refractivity contribution in [2.75, 3.05) is 14.2 Å². The maximum atomic E-state index is 11.8. The van der Waals surface area contributed by atoms with E-state index in [4.69, 9.17) is 21.1 Å². The second kappa shape index (κ2) is 4.96. The molecule has 4 heteroatoms. The molecule has 0 atom stereocenters. The summed E-state index contributed by atoms with van der Waals surface area (Å²) in [5, 5.41) is 0.491. The minimum Gasteiger partial charge on any atom is -0.495 e. The Hall–Kier alpha value is -1.22. The molecule has 1 aromatic carbocycles. The lowest BCUT2D eigenvalue weighted by atomic mass is 9.82. The average Bonchev–Trinajstić information content (AvgIpc) is 2.30. The second-order valence-corrected chi connectivity index (χ2v) is 4.83. The van der Waals surface area contributed by atoms with E-state index in [0.29, 0.717) is 10.8 Å². The highest BCUT2D eigenvalue weighted by molar-refractivity contribution is 6.32. The average molecular weight is 257 g/mol. The van der Waals surface area contributed by atoms with Gasteiger partial charge in [0, 0.05) is 0 Å². The molecule has 0 bridgehead atoms. The van der Waals surface area contributed by atoms with Crippen LogP contribution < -0.4 is 4.74 Å². The lowest BCUT2D eigenvalue weighted by molar-refractivity contribution is -0.146. The van der Waals surface area contributed by atoms with Crippen LogP contribution in [0.3, 0.4) is 0 Å². The van der Waals surface area contributed by atoms with Gasteiger partial charge in [0.15, 0.2) is 0 Å². The maximum Gasteiger partial charge on any atom is 0.315 e. The number of rotatable bonds is 3. The van der Waals surface area contributed by atoms with Gasteiger partial charge >= 0.3 is 5.97 Å². The van der Waals surface area contributed by atoms with Gasteiger partial charge in [-0.05, 0) is 44.0 Å². The molecule has 1 rings (SSSR count). The molecule has 0 aliphatic carbocycles. The maximum absolute atomic E-state index is 11.8. The SMILES string of the molecule is COC(=O)C(C)(C)c1cc(Cl)c(OC)cc1C. The van der Waals surface area contributed by atoms with Crippen LogP contribution in [0.15, 0.2) is 12.1 Å². The second-order valence-electron chi connectivity index (χ2n) is 4.42. The monoisotopic (exact) mass is 256 g/mol. The Kier molecular flexibility index (Phi) is 4.04. The number of benzene rings is 1. The molecule has 0 unspecified atom stereocenters. The van der Waals surface area contributed by atoms with Crippen LogP contribution in [-0.4, -0.2) is 20.2 Å². The van der Waals surface area contributed by atoms with Crippen molar-refractivity contribution in [3.63, 3.8) is 0 Å². The van der Waals surface area contributed by atoms with Crippen LogP contribution in [0.4, 0.5) is 0 Å². The highest BCUT2D eigenvalue weighted by atomic mass is 35.5. The van der Waals surface area contributed by atoms with E-state index in [2.05, 4.69) is 0 Å². The zero-order valence-electron chi connectivity index (χ0n) is 10.8. The first-order chi connectivity index (χ1) is 7.84. The number of hydrogen-bond donors (Lipinski definition) is 0. The zero-order valence-corrected chi connectivity index (χ0v) is 11.5. The molecule has 0 saturated carbocycles. The molecule has 0 radical (unpaired) electrons. The first kappa shape index (κ1) is 13.8. The smallest absolute Gasteiger partial charge is 0.315 e. The van der Waals surface area contributed by atoms with Crippen LogP contribution in [0.25, 0.3) is 0 Å². The molecule has 0 heterocycles. The number of esters is 1. The summed E-state index contributed by atoms with van der Waals surface area (Å²) in [5.41, 5.74) is 1.06. The van der Waals surface area contributed by atoms with E-state index < -0.39 is 5.41 Å². The molecule has 94 valence electrons. The lowest BCUT2D eigenvalue weighted by Gasteiger charge is -2.24. The third-order valence-electron chi connectivity index (χ3n) is 2.87. The van der Waals surface area contributed by atoms with E-state index in [1.54, 1.807) is 13.2 Å². The molecule has 0 amide bonds. The Balaban J connectivity index is 3.32. The molecule has 3 nitrogen and oxygen atoms in total. The highest BCUT2D eigenvalue weighted by Crippen LogP contribution is 2.34. The highest BCUT2D eigenvalue weighted by Gasteiger charge is 2.32. The Morgan fingerprint density at radius 3 is 2.35 bits per heavy atom. The summed E-state index contributed by atoms with van der Waals surface area (Å²) in [4.78, 5) is 11.8. The molecule has 17 heavy (non-hydrogen) atoms. The van der Waals surface area contributed by atoms with E-state index in [-0.39, 0.29) is 5.97 Å². The van der Waals surface area contributed by atoms with Crippen LogP contribution in [0.2, 0.25) is 5.02 Å². The number of ether oxygens (including phenoxy) is 2. The molecule has 0 aliphatic heterocycles. The van der Waals surface area contributed by atoms with Gasteiger partial charge in [-0.3, -0.25) is 4.79 Å². The van der Waals surface area contributed by atoms with Crippen LogP contribution in [0, 0.1) is 6.92 Å². The van der Waals surface area contributed by atoms with Crippen molar-refractivity contribution in [2.45, 2.75) is 26.2 Å². The van der Waals surface area contributed by atoms with Gasteiger partial charge in [-0.2, -0.15) is 0 Å². The standard InChI is InChI=1S/C13H17ClO3/c1-8-6-11(16-4)10(14)7-9(8)13(2,3)12(15)17-5/h6-7H,1-5H3. The Bertz CT molecular complexity index is 439. The Labute approximate surface area is 107 Å². The van der Waals surface area contributed by atoms with Crippen molar-refractivity contribution in [1.82, 2.24) is 0 Å². The number of hydrogen-bond acceptors (Lipinski definition) is 3. The van der Waals surface area contributed by atoms with Gasteiger partial charge in [0.2, 0.25) is 0 Å². The quantitative estimate of drug-likeness (QED) is 0.780. The van der Waals surface area contributed by atoms with Gasteiger partial charge < -0.3 is 9.47 Å². The minimum absolute atomic E-state index is 0.290. The van der Waals surface area contributed by atoms with Gasteiger partial charge in [0.05, 0.1) is 24.7 Å². The van der Waals surface area contributed by atoms with Crippen molar-refractivity contribution < 1.29 is 14.3 Å². The summed E-state index contributed by atoms with van der Waals surface area (Å²) in [6, 6.07) is 3.58. The molecule has 0 spiro atoms. The Morgan fingerprint density at radius 1 is 1.29 bits per heavy atom. The van der Waals surface area contributed by atoms with Gasteiger partial charge in [-0.15, -0.1) is 0 Å². The normalized spacial score (nSPS) is 11.2. The third-order valence-corrected chi connectivity index (χ3v) is 3.16. The summed E-state index contributed by atoms with van der Waals surface area (Å²) in [6.07, 6.45) is 0. The first-order valence-electron chi connectivity index (χ1n) is 5.27. The summed E-state index contributed by atoms with van der Waals surface area (Å²) in [5.74, 6) is 0.315. The summed E-state index contributed by atoms with van der Waals surface area (Å²) in [6.45, 7) is 5.53. The van der Waals surface area contributed by atoms with Gasteiger partial charge in [0.25, 0.3) is 0 Å². The van der Waals surface area contributed by atoms with Gasteiger partial charge in [-0.25, -0.2) is 0 Å². The fraction of sp³-hybridized carbons (Fsp3) is 0.462. The van der Waals surface area contributed by atoms with Crippen LogP contribution in [-0.2, 0) is 14.9 Å². The van der Waals surface area contributed by atoms with Crippen molar-refractivity contribution in [1.29, 1.82) is 0 Å². The van der Waals surface area contributed by atoms with Crippen LogP contribution in [0.5, 0.6) is 5.75 Å². The molecular weight excluding hydrogens is 240 g/mol. The van der Waals surface area contributed by atoms with E-state index >= 15 is 0 Å². The number of carbonyl (C=O) groups is 1. The molecule has 0 N–H and O–H groups in total. The first-order valence-corrected chi connectivity index (χ1v) is 5.65. The predicted octanol–water partition coefficient (Wildman–Crippen LogP) is 3.11. The topological polar surface area (TPSA) is 35.5 Å². The van der Waals surface area contributed by atoms with Crippen molar-refractivity contribution in [2.24, 2.45) is 0 Å².